The van der Waals surface area contributed by atoms with Gasteiger partial charge in [0, 0.05) is 34.9 Å². The predicted molar refractivity (Wildman–Crippen MR) is 254 cm³/mol. The second-order valence-electron chi connectivity index (χ2n) is 14.6. The number of carbonyl (C=O) groups is 5. The number of hydrogen-bond donors (Lipinski definition) is 9. The van der Waals surface area contributed by atoms with Gasteiger partial charge in [0.1, 0.15) is 6.04 Å². The van der Waals surface area contributed by atoms with Gasteiger partial charge in [0.25, 0.3) is 21.6 Å². The van der Waals surface area contributed by atoms with Gasteiger partial charge in [0.15, 0.2) is 11.2 Å². The van der Waals surface area contributed by atoms with E-state index in [9.17, 15) is 37.2 Å². The van der Waals surface area contributed by atoms with Gasteiger partial charge < -0.3 is 51.8 Å². The Hall–Kier alpha value is -7.77. The fraction of sp³-hybridized carbons (Fsp3) is 0.267. The molecule has 0 radical (unpaired) electrons. The molecule has 1 amide bonds. The summed E-state index contributed by atoms with van der Waals surface area (Å²) < 4.78 is 45.0. The van der Waals surface area contributed by atoms with E-state index in [4.69, 9.17) is 52.0 Å². The smallest absolute Gasteiger partial charge is 0.336 e. The lowest BCUT2D eigenvalue weighted by atomic mass is 9.80. The maximum atomic E-state index is 12.9. The number of carbonyl (C=O) groups excluding carboxylic acids is 3. The van der Waals surface area contributed by atoms with Crippen molar-refractivity contribution < 1.29 is 61.4 Å². The van der Waals surface area contributed by atoms with E-state index in [0.717, 1.165) is 0 Å². The molecule has 1 aliphatic heterocycles. The monoisotopic (exact) mass is 1010 g/mol. The molecule has 2 aromatic heterocycles. The molecular formula is C45H50ClN9O14S. The van der Waals surface area contributed by atoms with Crippen molar-refractivity contribution in [2.45, 2.75) is 50.1 Å². The summed E-state index contributed by atoms with van der Waals surface area (Å²) in [6, 6.07) is 19.3. The highest BCUT2D eigenvalue weighted by molar-refractivity contribution is 7.85. The van der Waals surface area contributed by atoms with E-state index in [1.54, 1.807) is 68.4 Å². The van der Waals surface area contributed by atoms with Gasteiger partial charge >= 0.3 is 23.9 Å². The number of hydrogen-bond acceptors (Lipinski definition) is 18. The molecule has 1 unspecified atom stereocenters. The maximum Gasteiger partial charge on any atom is 0.336 e. The Labute approximate surface area is 405 Å². The number of amides is 1. The number of allylic oxidation sites excluding steroid dienone is 1. The lowest BCUT2D eigenvalue weighted by Gasteiger charge is -2.31. The number of nitrogens with two attached hydrogens (primary N) is 2. The topological polar surface area (TPSA) is 368 Å². The van der Waals surface area contributed by atoms with Gasteiger partial charge in [-0.2, -0.15) is 13.4 Å². The van der Waals surface area contributed by atoms with E-state index < -0.39 is 57.4 Å². The number of carboxylic acid groups (broad SMARTS) is 2. The van der Waals surface area contributed by atoms with Crippen molar-refractivity contribution in [3.8, 4) is 0 Å². The zero-order valence-electron chi connectivity index (χ0n) is 37.8. The summed E-state index contributed by atoms with van der Waals surface area (Å²) in [5.74, 6) is -5.02. The Morgan fingerprint density at radius 1 is 0.943 bits per heavy atom. The lowest BCUT2D eigenvalue weighted by Crippen LogP contribution is -2.41. The normalized spacial score (nSPS) is 13.6. The molecule has 0 bridgehead atoms. The molecule has 6 rings (SSSR count). The number of methoxy groups -OCH3 is 1. The molecule has 5 aromatic rings. The van der Waals surface area contributed by atoms with Gasteiger partial charge in [0.05, 0.1) is 73.0 Å². The Morgan fingerprint density at radius 2 is 1.61 bits per heavy atom. The van der Waals surface area contributed by atoms with Crippen LogP contribution in [-0.2, 0) is 50.1 Å². The van der Waals surface area contributed by atoms with Crippen molar-refractivity contribution in [2.24, 2.45) is 5.73 Å². The fourth-order valence-corrected chi connectivity index (χ4v) is 7.21. The standard InChI is InChI=1S/C20H25ClN2O5.C19H19N7O6.C6H6O3S/c1-4-28-20(25)18-15(11-27-10-9-22)23-12(2)16(19(24)26-3)17(18)13-7-5-6-8-14(13)21;20-19-25-15-14(17(30)26-19)23-11(8-22-15)7-21-10-3-1-9(2-4-10)16(29)24-12(18(31)32)5-6-13(27)28;7-10(8,9)6-4-2-1-3-5-6/h5-8,17,23H,4,9-11,22H2,1-3H3;1-4,8,12,21H,5-7H2,(H,24,29)(H,27,28)(H,31,32)(H3,20,22,25,26,30);1-5H,(H,7,8,9)/t;12-;/m.0./s1. The highest BCUT2D eigenvalue weighted by Gasteiger charge is 2.39. The summed E-state index contributed by atoms with van der Waals surface area (Å²) in [5, 5.41) is 26.7. The summed E-state index contributed by atoms with van der Waals surface area (Å²) in [5.41, 5.74) is 14.2. The molecule has 2 atom stereocenters. The minimum Gasteiger partial charge on any atom is -0.481 e. The molecular weight excluding hydrogens is 958 g/mol. The van der Waals surface area contributed by atoms with Crippen LogP contribution in [0.25, 0.3) is 11.2 Å². The number of nitrogens with one attached hydrogen (secondary N) is 4. The van der Waals surface area contributed by atoms with Gasteiger partial charge in [0.2, 0.25) is 5.95 Å². The Kier molecular flexibility index (Phi) is 20.5. The van der Waals surface area contributed by atoms with E-state index in [2.05, 4.69) is 35.9 Å². The van der Waals surface area contributed by atoms with E-state index in [1.165, 1.54) is 37.6 Å². The second kappa shape index (κ2) is 26.1. The molecule has 372 valence electrons. The number of dihydropyridines is 1. The number of nitrogens with zero attached hydrogens (tertiary/aromatic N) is 3. The molecule has 1 aliphatic rings. The molecule has 3 aromatic carbocycles. The first-order valence-electron chi connectivity index (χ1n) is 20.9. The average Bonchev–Trinajstić information content (AvgIpc) is 3.32. The summed E-state index contributed by atoms with van der Waals surface area (Å²) in [6.45, 7) is 4.65. The Bertz CT molecular complexity index is 2920. The third-order valence-corrected chi connectivity index (χ3v) is 10.9. The largest absolute Gasteiger partial charge is 0.481 e. The fourth-order valence-electron chi connectivity index (χ4n) is 6.47. The summed E-state index contributed by atoms with van der Waals surface area (Å²) in [6.07, 6.45) is 0.840. The maximum absolute atomic E-state index is 12.9. The van der Waals surface area contributed by atoms with E-state index >= 15 is 0 Å². The number of carboxylic acids is 2. The van der Waals surface area contributed by atoms with Gasteiger partial charge in [-0.05, 0) is 68.3 Å². The lowest BCUT2D eigenvalue weighted by molar-refractivity contribution is -0.141. The Morgan fingerprint density at radius 3 is 2.20 bits per heavy atom. The van der Waals surface area contributed by atoms with Crippen LogP contribution in [0.4, 0.5) is 11.6 Å². The summed E-state index contributed by atoms with van der Waals surface area (Å²) in [4.78, 5) is 85.9. The highest BCUT2D eigenvalue weighted by Crippen LogP contribution is 2.42. The molecule has 25 heteroatoms. The van der Waals surface area contributed by atoms with Crippen LogP contribution in [0.3, 0.4) is 0 Å². The first kappa shape index (κ1) is 54.8. The molecule has 0 saturated carbocycles. The van der Waals surface area contributed by atoms with Crippen LogP contribution in [-0.4, -0.2) is 112 Å². The zero-order chi connectivity index (χ0) is 51.5. The molecule has 70 heavy (non-hydrogen) atoms. The molecule has 3 heterocycles. The molecule has 11 N–H and O–H groups in total. The van der Waals surface area contributed by atoms with Crippen LogP contribution in [0.1, 0.15) is 54.2 Å². The average molecular weight is 1010 g/mol. The molecule has 0 fully saturated rings. The van der Waals surface area contributed by atoms with Gasteiger partial charge in [-0.15, -0.1) is 0 Å². The van der Waals surface area contributed by atoms with Crippen molar-refractivity contribution in [3.05, 3.63) is 140 Å². The van der Waals surface area contributed by atoms with Crippen LogP contribution in [0.5, 0.6) is 0 Å². The third kappa shape index (κ3) is 15.6. The van der Waals surface area contributed by atoms with Crippen LogP contribution in [0, 0.1) is 0 Å². The number of benzene rings is 3. The highest BCUT2D eigenvalue weighted by atomic mass is 35.5. The number of esters is 2. The van der Waals surface area contributed by atoms with Crippen LogP contribution < -0.4 is 33.0 Å². The van der Waals surface area contributed by atoms with Gasteiger partial charge in [-0.25, -0.2) is 24.4 Å². The number of anilines is 2. The van der Waals surface area contributed by atoms with Crippen LogP contribution >= 0.6 is 11.6 Å². The zero-order valence-corrected chi connectivity index (χ0v) is 39.4. The molecule has 0 saturated heterocycles. The first-order chi connectivity index (χ1) is 33.3. The van der Waals surface area contributed by atoms with Crippen molar-refractivity contribution in [3.63, 3.8) is 0 Å². The molecule has 23 nitrogen and oxygen atoms in total. The number of aliphatic carboxylic acids is 2. The quantitative estimate of drug-likeness (QED) is 0.0346. The number of aromatic nitrogens is 4. The summed E-state index contributed by atoms with van der Waals surface area (Å²) >= 11 is 6.42. The second-order valence-corrected chi connectivity index (χ2v) is 16.4. The van der Waals surface area contributed by atoms with Crippen molar-refractivity contribution >= 4 is 74.3 Å². The van der Waals surface area contributed by atoms with Crippen LogP contribution in [0.2, 0.25) is 5.02 Å². The number of ether oxygens (including phenoxy) is 3. The Balaban J connectivity index is 0.000000256. The summed E-state index contributed by atoms with van der Waals surface area (Å²) in [7, 11) is -2.71. The third-order valence-electron chi connectivity index (χ3n) is 9.67. The number of H-pyrrole nitrogens is 1. The van der Waals surface area contributed by atoms with E-state index in [1.807, 2.05) is 0 Å². The van der Waals surface area contributed by atoms with Crippen molar-refractivity contribution in [1.82, 2.24) is 30.6 Å². The predicted octanol–water partition coefficient (Wildman–Crippen LogP) is 3.15. The number of rotatable bonds is 18. The van der Waals surface area contributed by atoms with E-state index in [0.29, 0.717) is 52.1 Å². The number of halogens is 1. The SMILES string of the molecule is CCOC(=O)C1=C(COCCN)NC(C)=C(C(=O)OC)C1c1ccccc1Cl.Nc1nc2ncc(CNc3ccc(C(=O)N[C@@H](CCC(=O)O)C(=O)O)cc3)nc2c(=O)[nH]1.O=S(=O)(O)c1ccccc1. The van der Waals surface area contributed by atoms with Crippen molar-refractivity contribution in [2.75, 3.05) is 44.5 Å². The minimum absolute atomic E-state index is 0.0524. The van der Waals surface area contributed by atoms with Gasteiger partial charge in [-0.1, -0.05) is 48.0 Å². The number of nitrogen functional groups attached to an aromatic ring is 1. The van der Waals surface area contributed by atoms with Gasteiger partial charge in [-0.3, -0.25) is 23.9 Å². The minimum atomic E-state index is -4.00. The van der Waals surface area contributed by atoms with Crippen molar-refractivity contribution in [1.29, 1.82) is 0 Å². The number of fused-ring (bicyclic) bond motifs is 1. The van der Waals surface area contributed by atoms with Crippen LogP contribution in [0.15, 0.2) is 117 Å². The first-order valence-corrected chi connectivity index (χ1v) is 22.7. The molecule has 0 aliphatic carbocycles. The number of aromatic amines is 1. The molecule has 0 spiro atoms. The van der Waals surface area contributed by atoms with E-state index in [-0.39, 0.29) is 65.7 Å².